The van der Waals surface area contributed by atoms with Crippen LogP contribution in [0.2, 0.25) is 0 Å². The van der Waals surface area contributed by atoms with E-state index in [-0.39, 0.29) is 17.5 Å². The minimum atomic E-state index is -1.14. The molecule has 2 nitrogen and oxygen atoms in total. The highest BCUT2D eigenvalue weighted by Crippen LogP contribution is 2.43. The fraction of sp³-hybridized carbons (Fsp3) is 0.0952. The molecule has 0 saturated carbocycles. The molecule has 4 rings (SSSR count). The first-order valence-electron chi connectivity index (χ1n) is 8.01. The number of halogens is 2. The van der Waals surface area contributed by atoms with Crippen LogP contribution in [0.4, 0.5) is 8.78 Å². The molecule has 124 valence electrons. The van der Waals surface area contributed by atoms with Gasteiger partial charge < -0.3 is 5.32 Å². The molecule has 1 amide bonds. The second-order valence-corrected chi connectivity index (χ2v) is 6.10. The van der Waals surface area contributed by atoms with Gasteiger partial charge in [0.15, 0.2) is 0 Å². The molecule has 1 N–H and O–H groups in total. The van der Waals surface area contributed by atoms with E-state index in [0.717, 1.165) is 11.1 Å². The molecule has 1 aliphatic heterocycles. The second-order valence-electron chi connectivity index (χ2n) is 6.10. The van der Waals surface area contributed by atoms with Crippen LogP contribution in [0.3, 0.4) is 0 Å². The SMILES string of the molecule is O=C1NCc2ccccc2C1(c1ccc(F)cc1)c1ccc(F)cc1. The third-order valence-corrected chi connectivity index (χ3v) is 4.76. The number of benzene rings is 3. The van der Waals surface area contributed by atoms with Gasteiger partial charge in [0.05, 0.1) is 0 Å². The molecule has 0 radical (unpaired) electrons. The summed E-state index contributed by atoms with van der Waals surface area (Å²) in [6.07, 6.45) is 0. The Kier molecular flexibility index (Phi) is 3.61. The number of carbonyl (C=O) groups is 1. The van der Waals surface area contributed by atoms with Gasteiger partial charge >= 0.3 is 0 Å². The van der Waals surface area contributed by atoms with Crippen LogP contribution in [0, 0.1) is 11.6 Å². The molecular formula is C21H15F2NO. The topological polar surface area (TPSA) is 29.1 Å². The molecule has 4 heteroatoms. The van der Waals surface area contributed by atoms with Crippen molar-refractivity contribution in [3.8, 4) is 0 Å². The molecule has 3 aromatic rings. The minimum absolute atomic E-state index is 0.204. The van der Waals surface area contributed by atoms with Gasteiger partial charge in [0.1, 0.15) is 17.0 Å². The summed E-state index contributed by atoms with van der Waals surface area (Å²) in [7, 11) is 0. The van der Waals surface area contributed by atoms with Crippen LogP contribution >= 0.6 is 0 Å². The normalized spacial score (nSPS) is 15.4. The summed E-state index contributed by atoms with van der Waals surface area (Å²) in [5.41, 5.74) is 1.96. The molecule has 25 heavy (non-hydrogen) atoms. The van der Waals surface area contributed by atoms with Gasteiger partial charge in [-0.1, -0.05) is 48.5 Å². The standard InChI is InChI=1S/C21H15F2NO/c22-17-9-5-15(6-10-17)21(16-7-11-18(23)12-8-16)19-4-2-1-3-14(19)13-24-20(21)25/h1-12H,13H2,(H,24,25). The molecule has 0 spiro atoms. The largest absolute Gasteiger partial charge is 0.351 e. The van der Waals surface area contributed by atoms with Crippen LogP contribution in [0.1, 0.15) is 22.3 Å². The van der Waals surface area contributed by atoms with Gasteiger partial charge in [-0.05, 0) is 46.5 Å². The van der Waals surface area contributed by atoms with Crippen molar-refractivity contribution in [1.82, 2.24) is 5.32 Å². The summed E-state index contributed by atoms with van der Waals surface area (Å²) in [6.45, 7) is 0.430. The number of amides is 1. The Morgan fingerprint density at radius 2 is 1.28 bits per heavy atom. The summed E-state index contributed by atoms with van der Waals surface area (Å²) in [5, 5.41) is 2.93. The quantitative estimate of drug-likeness (QED) is 0.755. The molecule has 0 saturated heterocycles. The van der Waals surface area contributed by atoms with E-state index in [0.29, 0.717) is 17.7 Å². The lowest BCUT2D eigenvalue weighted by atomic mass is 9.66. The van der Waals surface area contributed by atoms with E-state index in [9.17, 15) is 13.6 Å². The van der Waals surface area contributed by atoms with E-state index in [1.807, 2.05) is 24.3 Å². The Hall–Kier alpha value is -3.01. The predicted molar refractivity (Wildman–Crippen MR) is 91.0 cm³/mol. The average Bonchev–Trinajstić information content (AvgIpc) is 2.64. The maximum absolute atomic E-state index is 13.5. The van der Waals surface area contributed by atoms with Crippen molar-refractivity contribution in [1.29, 1.82) is 0 Å². The fourth-order valence-corrected chi connectivity index (χ4v) is 3.61. The average molecular weight is 335 g/mol. The summed E-state index contributed by atoms with van der Waals surface area (Å²) in [4.78, 5) is 13.2. The number of carbonyl (C=O) groups excluding carboxylic acids is 1. The zero-order valence-corrected chi connectivity index (χ0v) is 13.3. The maximum atomic E-state index is 13.5. The van der Waals surface area contributed by atoms with E-state index in [4.69, 9.17) is 0 Å². The highest BCUT2D eigenvalue weighted by atomic mass is 19.1. The number of nitrogens with one attached hydrogen (secondary N) is 1. The molecule has 0 unspecified atom stereocenters. The van der Waals surface area contributed by atoms with Crippen molar-refractivity contribution in [2.75, 3.05) is 0 Å². The lowest BCUT2D eigenvalue weighted by molar-refractivity contribution is -0.124. The molecule has 0 atom stereocenters. The van der Waals surface area contributed by atoms with Crippen molar-refractivity contribution in [2.45, 2.75) is 12.0 Å². The van der Waals surface area contributed by atoms with Gasteiger partial charge in [0.2, 0.25) is 5.91 Å². The summed E-state index contributed by atoms with van der Waals surface area (Å²) < 4.78 is 27.0. The van der Waals surface area contributed by atoms with Crippen LogP contribution in [-0.2, 0) is 16.8 Å². The number of hydrogen-bond donors (Lipinski definition) is 1. The van der Waals surface area contributed by atoms with Crippen LogP contribution in [0.15, 0.2) is 72.8 Å². The van der Waals surface area contributed by atoms with Crippen molar-refractivity contribution in [3.05, 3.63) is 107 Å². The number of rotatable bonds is 2. The maximum Gasteiger partial charge on any atom is 0.239 e. The zero-order chi connectivity index (χ0) is 17.4. The zero-order valence-electron chi connectivity index (χ0n) is 13.3. The third kappa shape index (κ3) is 2.33. The summed E-state index contributed by atoms with van der Waals surface area (Å²) in [5.74, 6) is -0.950. The number of hydrogen-bond acceptors (Lipinski definition) is 1. The van der Waals surface area contributed by atoms with Gasteiger partial charge in [-0.2, -0.15) is 0 Å². The predicted octanol–water partition coefficient (Wildman–Crippen LogP) is 3.93. The van der Waals surface area contributed by atoms with E-state index in [1.165, 1.54) is 24.3 Å². The Morgan fingerprint density at radius 3 is 1.84 bits per heavy atom. The van der Waals surface area contributed by atoms with Gasteiger partial charge in [-0.15, -0.1) is 0 Å². The van der Waals surface area contributed by atoms with Crippen LogP contribution < -0.4 is 5.32 Å². The molecular weight excluding hydrogens is 320 g/mol. The van der Waals surface area contributed by atoms with Crippen molar-refractivity contribution >= 4 is 5.91 Å². The Bertz CT molecular complexity index is 887. The highest BCUT2D eigenvalue weighted by molar-refractivity contribution is 5.97. The van der Waals surface area contributed by atoms with Gasteiger partial charge in [0.25, 0.3) is 0 Å². The Balaban J connectivity index is 2.08. The first-order valence-corrected chi connectivity index (χ1v) is 8.01. The van der Waals surface area contributed by atoms with Crippen LogP contribution in [0.25, 0.3) is 0 Å². The molecule has 1 heterocycles. The molecule has 0 fully saturated rings. The van der Waals surface area contributed by atoms with E-state index in [1.54, 1.807) is 24.3 Å². The van der Waals surface area contributed by atoms with Crippen molar-refractivity contribution < 1.29 is 13.6 Å². The number of fused-ring (bicyclic) bond motifs is 1. The van der Waals surface area contributed by atoms with E-state index < -0.39 is 5.41 Å². The van der Waals surface area contributed by atoms with Crippen LogP contribution in [0.5, 0.6) is 0 Å². The Morgan fingerprint density at radius 1 is 0.760 bits per heavy atom. The summed E-state index contributed by atoms with van der Waals surface area (Å²) in [6, 6.07) is 19.4. The molecule has 0 bridgehead atoms. The third-order valence-electron chi connectivity index (χ3n) is 4.76. The van der Waals surface area contributed by atoms with E-state index >= 15 is 0 Å². The van der Waals surface area contributed by atoms with Crippen molar-refractivity contribution in [3.63, 3.8) is 0 Å². The van der Waals surface area contributed by atoms with Gasteiger partial charge in [-0.25, -0.2) is 8.78 Å². The molecule has 3 aromatic carbocycles. The molecule has 0 aromatic heterocycles. The van der Waals surface area contributed by atoms with Gasteiger partial charge in [0, 0.05) is 6.54 Å². The van der Waals surface area contributed by atoms with E-state index in [2.05, 4.69) is 5.32 Å². The fourth-order valence-electron chi connectivity index (χ4n) is 3.61. The van der Waals surface area contributed by atoms with Crippen molar-refractivity contribution in [2.24, 2.45) is 0 Å². The monoisotopic (exact) mass is 335 g/mol. The lowest BCUT2D eigenvalue weighted by Crippen LogP contribution is -2.50. The first-order chi connectivity index (χ1) is 12.1. The minimum Gasteiger partial charge on any atom is -0.351 e. The summed E-state index contributed by atoms with van der Waals surface area (Å²) >= 11 is 0. The Labute approximate surface area is 144 Å². The highest BCUT2D eigenvalue weighted by Gasteiger charge is 2.47. The first kappa shape index (κ1) is 15.5. The van der Waals surface area contributed by atoms with Crippen LogP contribution in [-0.4, -0.2) is 5.91 Å². The smallest absolute Gasteiger partial charge is 0.239 e. The second kappa shape index (κ2) is 5.81. The van der Waals surface area contributed by atoms with Gasteiger partial charge in [-0.3, -0.25) is 4.79 Å². The molecule has 1 aliphatic rings. The lowest BCUT2D eigenvalue weighted by Gasteiger charge is -2.39. The molecule has 0 aliphatic carbocycles.